The minimum absolute atomic E-state index is 1.10. The van der Waals surface area contributed by atoms with Gasteiger partial charge in [-0.25, -0.2) is 0 Å². The summed E-state index contributed by atoms with van der Waals surface area (Å²) in [5, 5.41) is 6.60. The third-order valence-electron chi connectivity index (χ3n) is 8.40. The maximum absolute atomic E-state index is 2.47. The lowest BCUT2D eigenvalue weighted by Gasteiger charge is -2.13. The van der Waals surface area contributed by atoms with E-state index < -0.39 is 0 Å². The second-order valence-corrected chi connectivity index (χ2v) is 11.5. The molecule has 0 saturated carbocycles. The number of hydrogen-bond acceptors (Lipinski definition) is 1. The molecule has 184 valence electrons. The van der Waals surface area contributed by atoms with Gasteiger partial charge in [0.05, 0.1) is 26.9 Å². The van der Waals surface area contributed by atoms with Gasteiger partial charge in [-0.2, -0.15) is 0 Å². The minimum atomic E-state index is 1.10. The van der Waals surface area contributed by atoms with Gasteiger partial charge in [-0.15, -0.1) is 11.3 Å². The fourth-order valence-electron chi connectivity index (χ4n) is 6.73. The molecular weight excluding hydrogens is 492 g/mol. The summed E-state index contributed by atoms with van der Waals surface area (Å²) in [7, 11) is 0. The topological polar surface area (TPSA) is 9.86 Å². The molecule has 39 heavy (non-hydrogen) atoms. The molecule has 0 amide bonds. The maximum atomic E-state index is 2.47. The van der Waals surface area contributed by atoms with Gasteiger partial charge >= 0.3 is 0 Å². The second-order valence-electron chi connectivity index (χ2n) is 10.5. The molecule has 0 radical (unpaired) electrons. The minimum Gasteiger partial charge on any atom is -0.310 e. The van der Waals surface area contributed by atoms with Crippen molar-refractivity contribution in [2.24, 2.45) is 0 Å². The number of allylic oxidation sites excluding steroid dienone is 1. The molecule has 0 atom stereocenters. The number of rotatable bonds is 2. The van der Waals surface area contributed by atoms with Crippen molar-refractivity contribution in [3.8, 4) is 11.4 Å². The zero-order chi connectivity index (χ0) is 25.5. The summed E-state index contributed by atoms with van der Waals surface area (Å²) in [5.74, 6) is 0. The Morgan fingerprint density at radius 2 is 1.28 bits per heavy atom. The van der Waals surface area contributed by atoms with E-state index in [1.165, 1.54) is 75.5 Å². The van der Waals surface area contributed by atoms with Gasteiger partial charge in [0.2, 0.25) is 0 Å². The smallest absolute Gasteiger partial charge is 0.0640 e. The molecule has 0 saturated heterocycles. The summed E-state index contributed by atoms with van der Waals surface area (Å²) in [4.78, 5) is 0. The van der Waals surface area contributed by atoms with Crippen LogP contribution in [0.4, 0.5) is 0 Å². The average Bonchev–Trinajstić information content (AvgIpc) is 3.65. The lowest BCUT2D eigenvalue weighted by Crippen LogP contribution is -2.00. The molecule has 0 unspecified atom stereocenters. The first kappa shape index (κ1) is 21.3. The summed E-state index contributed by atoms with van der Waals surface area (Å²) < 4.78 is 7.59. The van der Waals surface area contributed by atoms with E-state index >= 15 is 0 Å². The fraction of sp³-hybridized carbons (Fsp3) is 0.0556. The summed E-state index contributed by atoms with van der Waals surface area (Å²) >= 11 is 1.89. The zero-order valence-electron chi connectivity index (χ0n) is 21.3. The van der Waals surface area contributed by atoms with Gasteiger partial charge in [0.15, 0.2) is 0 Å². The Bertz CT molecular complexity index is 2290. The zero-order valence-corrected chi connectivity index (χ0v) is 22.1. The largest absolute Gasteiger partial charge is 0.310 e. The highest BCUT2D eigenvalue weighted by Gasteiger charge is 2.20. The van der Waals surface area contributed by atoms with Crippen LogP contribution in [0.3, 0.4) is 0 Å². The number of aromatic nitrogens is 2. The second kappa shape index (κ2) is 7.95. The highest BCUT2D eigenvalue weighted by Crippen LogP contribution is 2.42. The van der Waals surface area contributed by atoms with Crippen LogP contribution >= 0.6 is 11.3 Å². The Labute approximate surface area is 229 Å². The van der Waals surface area contributed by atoms with Crippen molar-refractivity contribution < 1.29 is 0 Å². The Morgan fingerprint density at radius 1 is 0.564 bits per heavy atom. The lowest BCUT2D eigenvalue weighted by molar-refractivity contribution is 0.968. The van der Waals surface area contributed by atoms with Gasteiger partial charge < -0.3 is 9.13 Å². The number of benzene rings is 5. The number of para-hydroxylation sites is 2. The van der Waals surface area contributed by atoms with Crippen molar-refractivity contribution in [1.29, 1.82) is 0 Å². The number of aryl methyl sites for hydroxylation is 1. The van der Waals surface area contributed by atoms with E-state index in [2.05, 4.69) is 130 Å². The summed E-state index contributed by atoms with van der Waals surface area (Å²) in [6.07, 6.45) is 6.83. The van der Waals surface area contributed by atoms with E-state index in [9.17, 15) is 0 Å². The molecule has 2 nitrogen and oxygen atoms in total. The average molecular weight is 517 g/mol. The van der Waals surface area contributed by atoms with E-state index in [1.54, 1.807) is 0 Å². The van der Waals surface area contributed by atoms with Crippen LogP contribution in [0, 0.1) is 0 Å². The van der Waals surface area contributed by atoms with Crippen molar-refractivity contribution in [1.82, 2.24) is 9.13 Å². The number of nitrogens with zero attached hydrogens (tertiary/aromatic N) is 2. The quantitative estimate of drug-likeness (QED) is 0.216. The first-order valence-corrected chi connectivity index (χ1v) is 14.4. The van der Waals surface area contributed by atoms with E-state index in [-0.39, 0.29) is 0 Å². The maximum Gasteiger partial charge on any atom is 0.0640 e. The van der Waals surface area contributed by atoms with Crippen LogP contribution in [0.5, 0.6) is 0 Å². The molecule has 1 aliphatic carbocycles. The summed E-state index contributed by atoms with van der Waals surface area (Å²) in [5.41, 5.74) is 9.02. The van der Waals surface area contributed by atoms with Gasteiger partial charge in [0, 0.05) is 43.0 Å². The number of fused-ring (bicyclic) bond motifs is 9. The van der Waals surface area contributed by atoms with Crippen molar-refractivity contribution in [2.75, 3.05) is 0 Å². The molecule has 3 heteroatoms. The van der Waals surface area contributed by atoms with Crippen molar-refractivity contribution in [2.45, 2.75) is 12.8 Å². The van der Waals surface area contributed by atoms with Gasteiger partial charge in [-0.3, -0.25) is 0 Å². The Balaban J connectivity index is 1.36. The van der Waals surface area contributed by atoms with Crippen LogP contribution < -0.4 is 0 Å². The molecule has 0 N–H and O–H groups in total. The highest BCUT2D eigenvalue weighted by atomic mass is 32.1. The van der Waals surface area contributed by atoms with Gasteiger partial charge in [0.25, 0.3) is 0 Å². The van der Waals surface area contributed by atoms with Crippen LogP contribution in [-0.2, 0) is 6.42 Å². The molecule has 0 spiro atoms. The highest BCUT2D eigenvalue weighted by molar-refractivity contribution is 7.26. The van der Waals surface area contributed by atoms with Crippen molar-refractivity contribution in [3.63, 3.8) is 0 Å². The van der Waals surface area contributed by atoms with Crippen molar-refractivity contribution in [3.05, 3.63) is 127 Å². The molecule has 8 aromatic rings. The molecule has 3 aromatic heterocycles. The van der Waals surface area contributed by atoms with E-state index in [0.29, 0.717) is 0 Å². The van der Waals surface area contributed by atoms with Gasteiger partial charge in [-0.1, -0.05) is 72.8 Å². The SMILES string of the molecule is C1=Cc2c(c3ccccc3n2-c2ccc3c(c2)c2ccccc2n3-c2cccc3c2sc2ccccc23)CC1. The first-order valence-electron chi connectivity index (χ1n) is 13.6. The predicted molar refractivity (Wildman–Crippen MR) is 168 cm³/mol. The third-order valence-corrected chi connectivity index (χ3v) is 9.60. The fourth-order valence-corrected chi connectivity index (χ4v) is 7.94. The van der Waals surface area contributed by atoms with Gasteiger partial charge in [0.1, 0.15) is 0 Å². The third kappa shape index (κ3) is 2.91. The van der Waals surface area contributed by atoms with E-state index in [0.717, 1.165) is 12.8 Å². The summed E-state index contributed by atoms with van der Waals surface area (Å²) in [6.45, 7) is 0. The summed E-state index contributed by atoms with van der Waals surface area (Å²) in [6, 6.07) is 40.2. The molecule has 5 aromatic carbocycles. The Hall–Kier alpha value is -4.60. The van der Waals surface area contributed by atoms with E-state index in [1.807, 2.05) is 11.3 Å². The van der Waals surface area contributed by atoms with E-state index in [4.69, 9.17) is 0 Å². The molecule has 1 aliphatic rings. The molecule has 9 rings (SSSR count). The molecule has 0 bridgehead atoms. The van der Waals surface area contributed by atoms with Crippen LogP contribution in [0.1, 0.15) is 17.7 Å². The number of hydrogen-bond donors (Lipinski definition) is 0. The standard InChI is InChI=1S/C36H24N2S/c1-5-15-30-24(10-1)25-11-2-6-16-31(25)37(30)23-20-21-33-29(22-23)26-12-3-7-17-32(26)38(33)34-18-9-14-28-27-13-4-8-19-35(27)39-36(28)34/h1,3-10,12-22H,2,11H2. The van der Waals surface area contributed by atoms with Crippen LogP contribution in [0.2, 0.25) is 0 Å². The van der Waals surface area contributed by atoms with Crippen molar-refractivity contribution >= 4 is 70.3 Å². The Kier molecular flexibility index (Phi) is 4.35. The molecule has 3 heterocycles. The molecule has 0 aliphatic heterocycles. The van der Waals surface area contributed by atoms with Gasteiger partial charge in [-0.05, 0) is 66.9 Å². The molecule has 0 fully saturated rings. The van der Waals surface area contributed by atoms with Crippen LogP contribution in [0.15, 0.2) is 115 Å². The first-order chi connectivity index (χ1) is 19.4. The predicted octanol–water partition coefficient (Wildman–Crippen LogP) is 10.1. The molecular formula is C36H24N2S. The van der Waals surface area contributed by atoms with Crippen LogP contribution in [0.25, 0.3) is 70.3 Å². The Morgan fingerprint density at radius 3 is 2.18 bits per heavy atom. The van der Waals surface area contributed by atoms with Crippen LogP contribution in [-0.4, -0.2) is 9.13 Å². The monoisotopic (exact) mass is 516 g/mol. The number of thiophene rings is 1. The lowest BCUT2D eigenvalue weighted by atomic mass is 10.0. The normalized spacial score (nSPS) is 13.3.